The minimum Gasteiger partial charge on any atom is -0.369 e. The summed E-state index contributed by atoms with van der Waals surface area (Å²) in [5.41, 5.74) is 4.86. The van der Waals surface area contributed by atoms with Crippen molar-refractivity contribution in [1.82, 2.24) is 4.90 Å². The van der Waals surface area contributed by atoms with E-state index in [0.29, 0.717) is 10.8 Å². The van der Waals surface area contributed by atoms with Crippen LogP contribution in [0.25, 0.3) is 6.08 Å². The summed E-state index contributed by atoms with van der Waals surface area (Å²) >= 11 is 1.06. The number of carbonyl (C=O) groups is 2. The average molecular weight is 387 g/mol. The first-order valence-electron chi connectivity index (χ1n) is 9.72. The van der Waals surface area contributed by atoms with E-state index in [2.05, 4.69) is 51.8 Å². The molecule has 2 heterocycles. The molecule has 5 heteroatoms. The van der Waals surface area contributed by atoms with Gasteiger partial charge in [0.2, 0.25) is 0 Å². The number of benzene rings is 1. The van der Waals surface area contributed by atoms with E-state index in [0.717, 1.165) is 35.7 Å². The zero-order chi connectivity index (χ0) is 20.1. The number of hydrogen-bond acceptors (Lipinski definition) is 4. The Bertz CT molecular complexity index is 828. The second kappa shape index (κ2) is 7.01. The summed E-state index contributed by atoms with van der Waals surface area (Å²) in [6.07, 6.45) is 3.75. The largest absolute Gasteiger partial charge is 0.369 e. The Hall–Kier alpha value is -1.75. The molecule has 4 nitrogen and oxygen atoms in total. The van der Waals surface area contributed by atoms with Gasteiger partial charge in [-0.3, -0.25) is 14.5 Å². The molecule has 1 aromatic carbocycles. The summed E-state index contributed by atoms with van der Waals surface area (Å²) in [6, 6.07) is 4.36. The highest BCUT2D eigenvalue weighted by Gasteiger charge is 2.38. The molecule has 3 rings (SSSR count). The third-order valence-electron chi connectivity index (χ3n) is 6.16. The van der Waals surface area contributed by atoms with Gasteiger partial charge in [0, 0.05) is 24.3 Å². The molecule has 1 fully saturated rings. The fraction of sp³-hybridized carbons (Fsp3) is 0.545. The van der Waals surface area contributed by atoms with E-state index in [1.807, 2.05) is 19.9 Å². The standard InChI is InChI=1S/C22H30N2O2S/c1-8-15(4)24-20(25)19(27-21(24)26)11-16-10-17-14(3)12-22(5,6)23(7)18(17)9-13(16)2/h9-11,14-15H,8,12H2,1-7H3/b19-11-. The second-order valence-electron chi connectivity index (χ2n) is 8.55. The third-order valence-corrected chi connectivity index (χ3v) is 7.05. The van der Waals surface area contributed by atoms with Gasteiger partial charge >= 0.3 is 0 Å². The lowest BCUT2D eigenvalue weighted by molar-refractivity contribution is -0.124. The Labute approximate surface area is 167 Å². The highest BCUT2D eigenvalue weighted by atomic mass is 32.2. The summed E-state index contributed by atoms with van der Waals surface area (Å²) in [5.74, 6) is 0.289. The maximum absolute atomic E-state index is 12.7. The zero-order valence-electron chi connectivity index (χ0n) is 17.4. The molecule has 0 N–H and O–H groups in total. The number of imide groups is 1. The predicted molar refractivity (Wildman–Crippen MR) is 114 cm³/mol. The van der Waals surface area contributed by atoms with Gasteiger partial charge < -0.3 is 4.90 Å². The molecule has 0 bridgehead atoms. The molecular weight excluding hydrogens is 356 g/mol. The number of thioether (sulfide) groups is 1. The van der Waals surface area contributed by atoms with Crippen LogP contribution in [0.3, 0.4) is 0 Å². The van der Waals surface area contributed by atoms with E-state index in [1.54, 1.807) is 0 Å². The van der Waals surface area contributed by atoms with E-state index in [1.165, 1.54) is 16.2 Å². The van der Waals surface area contributed by atoms with Gasteiger partial charge in [-0.15, -0.1) is 0 Å². The van der Waals surface area contributed by atoms with Crippen LogP contribution < -0.4 is 4.90 Å². The van der Waals surface area contributed by atoms with Crippen molar-refractivity contribution in [1.29, 1.82) is 0 Å². The fourth-order valence-corrected chi connectivity index (χ4v) is 4.99. The number of carbonyl (C=O) groups excluding carboxylic acids is 2. The van der Waals surface area contributed by atoms with Gasteiger partial charge in [-0.05, 0) is 93.1 Å². The molecule has 0 aromatic heterocycles. The smallest absolute Gasteiger partial charge is 0.293 e. The van der Waals surface area contributed by atoms with Crippen LogP contribution in [0.4, 0.5) is 10.5 Å². The number of rotatable bonds is 3. The minimum absolute atomic E-state index is 0.0658. The van der Waals surface area contributed by atoms with Gasteiger partial charge in [0.15, 0.2) is 0 Å². The summed E-state index contributed by atoms with van der Waals surface area (Å²) in [5, 5.41) is -0.161. The van der Waals surface area contributed by atoms with Crippen molar-refractivity contribution in [3.63, 3.8) is 0 Å². The van der Waals surface area contributed by atoms with Crippen LogP contribution in [0.1, 0.15) is 70.1 Å². The molecule has 0 radical (unpaired) electrons. The van der Waals surface area contributed by atoms with Crippen molar-refractivity contribution in [2.24, 2.45) is 0 Å². The average Bonchev–Trinajstić information content (AvgIpc) is 2.87. The Morgan fingerprint density at radius 1 is 1.33 bits per heavy atom. The predicted octanol–water partition coefficient (Wildman–Crippen LogP) is 5.55. The number of anilines is 1. The molecule has 27 heavy (non-hydrogen) atoms. The van der Waals surface area contributed by atoms with Gasteiger partial charge in [0.25, 0.3) is 11.1 Å². The van der Waals surface area contributed by atoms with Gasteiger partial charge in [0.1, 0.15) is 0 Å². The lowest BCUT2D eigenvalue weighted by Crippen LogP contribution is -2.45. The van der Waals surface area contributed by atoms with Crippen molar-refractivity contribution in [3.05, 3.63) is 33.7 Å². The van der Waals surface area contributed by atoms with E-state index >= 15 is 0 Å². The van der Waals surface area contributed by atoms with Gasteiger partial charge in [-0.2, -0.15) is 0 Å². The van der Waals surface area contributed by atoms with Crippen LogP contribution in [0.15, 0.2) is 17.0 Å². The van der Waals surface area contributed by atoms with Crippen LogP contribution in [0.5, 0.6) is 0 Å². The Morgan fingerprint density at radius 2 is 2.00 bits per heavy atom. The topological polar surface area (TPSA) is 40.6 Å². The summed E-state index contributed by atoms with van der Waals surface area (Å²) < 4.78 is 0. The summed E-state index contributed by atoms with van der Waals surface area (Å²) in [4.78, 5) is 29.3. The molecule has 0 saturated carbocycles. The first-order valence-corrected chi connectivity index (χ1v) is 10.5. The van der Waals surface area contributed by atoms with Gasteiger partial charge in [-0.25, -0.2) is 0 Å². The lowest BCUT2D eigenvalue weighted by Gasteiger charge is -2.45. The number of hydrogen-bond donors (Lipinski definition) is 0. The number of fused-ring (bicyclic) bond motifs is 1. The first-order chi connectivity index (χ1) is 12.6. The SMILES string of the molecule is CCC(C)N1C(=O)S/C(=C\c2cc3c(cc2C)N(C)C(C)(C)CC3C)C1=O. The molecule has 2 aliphatic rings. The van der Waals surface area contributed by atoms with Crippen molar-refractivity contribution >= 4 is 34.7 Å². The molecule has 146 valence electrons. The lowest BCUT2D eigenvalue weighted by atomic mass is 9.79. The van der Waals surface area contributed by atoms with Crippen molar-refractivity contribution in [2.45, 2.75) is 71.9 Å². The zero-order valence-corrected chi connectivity index (χ0v) is 18.2. The normalized spacial score (nSPS) is 24.6. The maximum Gasteiger partial charge on any atom is 0.293 e. The maximum atomic E-state index is 12.7. The molecular formula is C22H30N2O2S. The summed E-state index contributed by atoms with van der Waals surface area (Å²) in [7, 11) is 2.15. The highest BCUT2D eigenvalue weighted by Crippen LogP contribution is 2.44. The number of aryl methyl sites for hydroxylation is 1. The van der Waals surface area contributed by atoms with E-state index in [4.69, 9.17) is 0 Å². The minimum atomic E-state index is -0.164. The molecule has 1 saturated heterocycles. The van der Waals surface area contributed by atoms with Gasteiger partial charge in [0.05, 0.1) is 4.91 Å². The van der Waals surface area contributed by atoms with Crippen molar-refractivity contribution < 1.29 is 9.59 Å². The molecule has 2 atom stereocenters. The molecule has 0 aliphatic carbocycles. The second-order valence-corrected chi connectivity index (χ2v) is 9.55. The van der Waals surface area contributed by atoms with Crippen molar-refractivity contribution in [2.75, 3.05) is 11.9 Å². The molecule has 1 aromatic rings. The van der Waals surface area contributed by atoms with Crippen LogP contribution in [0, 0.1) is 6.92 Å². The number of nitrogens with zero attached hydrogens (tertiary/aromatic N) is 2. The fourth-order valence-electron chi connectivity index (χ4n) is 4.07. The molecule has 2 aliphatic heterocycles. The van der Waals surface area contributed by atoms with E-state index < -0.39 is 0 Å². The van der Waals surface area contributed by atoms with E-state index in [-0.39, 0.29) is 22.7 Å². The van der Waals surface area contributed by atoms with Crippen LogP contribution >= 0.6 is 11.8 Å². The van der Waals surface area contributed by atoms with Crippen molar-refractivity contribution in [3.8, 4) is 0 Å². The molecule has 2 amide bonds. The van der Waals surface area contributed by atoms with Crippen LogP contribution in [-0.2, 0) is 4.79 Å². The van der Waals surface area contributed by atoms with E-state index in [9.17, 15) is 9.59 Å². The van der Waals surface area contributed by atoms with Crippen LogP contribution in [0.2, 0.25) is 0 Å². The number of amides is 2. The quantitative estimate of drug-likeness (QED) is 0.639. The Balaban J connectivity index is 2.00. The highest BCUT2D eigenvalue weighted by molar-refractivity contribution is 8.18. The Kier molecular flexibility index (Phi) is 5.19. The van der Waals surface area contributed by atoms with Gasteiger partial charge in [-0.1, -0.05) is 13.8 Å². The van der Waals surface area contributed by atoms with Crippen LogP contribution in [-0.4, -0.2) is 34.7 Å². The summed E-state index contributed by atoms with van der Waals surface area (Å²) in [6.45, 7) is 12.8. The Morgan fingerprint density at radius 3 is 2.63 bits per heavy atom. The first kappa shape index (κ1) is 20.0. The monoisotopic (exact) mass is 386 g/mol. The molecule has 2 unspecified atom stereocenters. The third kappa shape index (κ3) is 3.42. The molecule has 0 spiro atoms.